The summed E-state index contributed by atoms with van der Waals surface area (Å²) in [6.07, 6.45) is 0. The lowest BCUT2D eigenvalue weighted by atomic mass is 9.80. The van der Waals surface area contributed by atoms with Crippen molar-refractivity contribution < 1.29 is 57.9 Å². The Hall–Kier alpha value is -10.9. The van der Waals surface area contributed by atoms with E-state index >= 15 is 19.2 Å². The molecule has 0 aromatic heterocycles. The van der Waals surface area contributed by atoms with Crippen LogP contribution in [0.1, 0.15) is 86.9 Å². The highest BCUT2D eigenvalue weighted by molar-refractivity contribution is 6.45. The number of fused-ring (bicyclic) bond motifs is 2. The van der Waals surface area contributed by atoms with E-state index < -0.39 is 47.7 Å². The van der Waals surface area contributed by atoms with Gasteiger partial charge in [0, 0.05) is 43.1 Å². The molecule has 0 radical (unpaired) electrons. The number of nitrogens with zero attached hydrogens (tertiary/aromatic N) is 2. The van der Waals surface area contributed by atoms with Crippen molar-refractivity contribution >= 4 is 78.7 Å². The van der Waals surface area contributed by atoms with Crippen LogP contribution < -0.4 is 18.9 Å². The zero-order chi connectivity index (χ0) is 56.8. The van der Waals surface area contributed by atoms with Gasteiger partial charge in [-0.05, 0) is 112 Å². The molecular weight excluding hydrogens is 1040 g/mol. The molecule has 2 atom stereocenters. The van der Waals surface area contributed by atoms with Gasteiger partial charge >= 0.3 is 11.9 Å². The molecule has 2 unspecified atom stereocenters. The summed E-state index contributed by atoms with van der Waals surface area (Å²) in [5, 5.41) is 23.7. The summed E-state index contributed by atoms with van der Waals surface area (Å²) >= 11 is 0. The van der Waals surface area contributed by atoms with Crippen molar-refractivity contribution in [2.75, 3.05) is 0 Å². The molecule has 2 N–H and O–H groups in total. The molecule has 0 bridgehead atoms. The number of carboxylic acid groups (broad SMARTS) is 2. The smallest absolute Gasteiger partial charge is 0.331 e. The number of carbonyl (C=O) groups is 6. The average molecular weight is 1080 g/mol. The molecule has 0 saturated carbocycles. The van der Waals surface area contributed by atoms with E-state index in [1.807, 2.05) is 76.2 Å². The third-order valence-corrected chi connectivity index (χ3v) is 15.2. The first kappa shape index (κ1) is 50.6. The maximum absolute atomic E-state index is 15.7. The molecule has 11 aromatic carbocycles. The maximum atomic E-state index is 15.7. The van der Waals surface area contributed by atoms with E-state index in [4.69, 9.17) is 18.9 Å². The molecule has 4 amide bonds. The summed E-state index contributed by atoms with van der Waals surface area (Å²) in [6, 6.07) is 47.1. The van der Waals surface area contributed by atoms with Crippen LogP contribution in [-0.4, -0.2) is 55.6 Å². The highest BCUT2D eigenvalue weighted by Gasteiger charge is 2.47. The number of benzene rings is 11. The van der Waals surface area contributed by atoms with E-state index in [2.05, 4.69) is 0 Å². The van der Waals surface area contributed by atoms with Crippen LogP contribution in [0.2, 0.25) is 0 Å². The Labute approximate surface area is 467 Å². The SMILES string of the molecule is Cc1ccc(Oc2cc3c4c(cc(Oc5ccc(C)cc5)c5c6c(Oc7ccc(C)cc7)cc7c8c(cc(Oc9ccc(C)cc9)c(c2c45)c86)C(=O)N(C(C(=O)O)c2ccccc2)C7=O)C(=O)N(C(C(=O)O)c2ccccc2)C3=O)cc1. The van der Waals surface area contributed by atoms with Crippen LogP contribution in [0.3, 0.4) is 0 Å². The normalized spacial score (nSPS) is 13.8. The first-order chi connectivity index (χ1) is 39.6. The summed E-state index contributed by atoms with van der Waals surface area (Å²) < 4.78 is 28.0. The number of hydrogen-bond acceptors (Lipinski definition) is 10. The molecule has 82 heavy (non-hydrogen) atoms. The van der Waals surface area contributed by atoms with Gasteiger partial charge in [0.1, 0.15) is 46.0 Å². The average Bonchev–Trinajstić information content (AvgIpc) is 1.21. The van der Waals surface area contributed by atoms with Gasteiger partial charge in [0.25, 0.3) is 23.6 Å². The zero-order valence-electron chi connectivity index (χ0n) is 44.3. The van der Waals surface area contributed by atoms with Crippen LogP contribution in [0.25, 0.3) is 43.1 Å². The minimum Gasteiger partial charge on any atom is -0.479 e. The lowest BCUT2D eigenvalue weighted by Gasteiger charge is -2.35. The highest BCUT2D eigenvalue weighted by Crippen LogP contribution is 2.58. The minimum atomic E-state index is -1.78. The number of aryl methyl sites for hydroxylation is 4. The van der Waals surface area contributed by atoms with Crippen molar-refractivity contribution in [1.82, 2.24) is 9.80 Å². The molecule has 2 heterocycles. The lowest BCUT2D eigenvalue weighted by molar-refractivity contribution is -0.142. The molecule has 0 saturated heterocycles. The Morgan fingerprint density at radius 1 is 0.329 bits per heavy atom. The van der Waals surface area contributed by atoms with Gasteiger partial charge < -0.3 is 29.2 Å². The third kappa shape index (κ3) is 8.26. The molecule has 400 valence electrons. The molecule has 11 aromatic rings. The molecule has 13 rings (SSSR count). The van der Waals surface area contributed by atoms with Gasteiger partial charge in [0.2, 0.25) is 0 Å². The monoisotopic (exact) mass is 1080 g/mol. The predicted octanol–water partition coefficient (Wildman–Crippen LogP) is 15.0. The molecular formula is C68H46N2O12. The molecule has 0 fully saturated rings. The van der Waals surface area contributed by atoms with Gasteiger partial charge in [-0.1, -0.05) is 131 Å². The molecule has 0 aliphatic carbocycles. The highest BCUT2D eigenvalue weighted by atomic mass is 16.5. The molecule has 14 nitrogen and oxygen atoms in total. The predicted molar refractivity (Wildman–Crippen MR) is 307 cm³/mol. The number of rotatable bonds is 14. The standard InChI is InChI=1S/C68H46N2O12/c1-35-15-23-41(24-16-35)79-49-31-45-53-46(64(72)69(63(45)71)61(67(75)76)39-11-7-5-8-12-39)33-51(81-43-27-19-37(3)20-28-43)57-58-52(82-44-29-21-38(4)22-30-44)34-48-54-47(65(73)70(66(48)74)62(68(77)78)40-13-9-6-10-14-40)32-50(56(60(54)58)55(49)59(53)57)80-42-25-17-36(2)18-26-42/h5-34,61-62H,1-4H3,(H,75,76)(H,77,78). The van der Waals surface area contributed by atoms with E-state index in [9.17, 15) is 19.8 Å². The van der Waals surface area contributed by atoms with Crippen LogP contribution in [0, 0.1) is 27.7 Å². The van der Waals surface area contributed by atoms with E-state index in [1.165, 1.54) is 48.5 Å². The van der Waals surface area contributed by atoms with Crippen molar-refractivity contribution in [3.8, 4) is 46.0 Å². The summed E-state index contributed by atoms with van der Waals surface area (Å²) in [5.74, 6) is -5.21. The number of aliphatic carboxylic acids is 2. The fourth-order valence-corrected chi connectivity index (χ4v) is 11.3. The molecule has 2 aliphatic heterocycles. The van der Waals surface area contributed by atoms with Crippen molar-refractivity contribution in [3.63, 3.8) is 0 Å². The number of hydrogen-bond donors (Lipinski definition) is 2. The third-order valence-electron chi connectivity index (χ3n) is 15.2. The second-order valence-electron chi connectivity index (χ2n) is 20.6. The van der Waals surface area contributed by atoms with Crippen LogP contribution in [0.15, 0.2) is 182 Å². The Morgan fingerprint density at radius 3 is 0.780 bits per heavy atom. The minimum absolute atomic E-state index is 0.0338. The Morgan fingerprint density at radius 2 is 0.561 bits per heavy atom. The topological polar surface area (TPSA) is 186 Å². The fourth-order valence-electron chi connectivity index (χ4n) is 11.3. The quantitative estimate of drug-likeness (QED) is 0.0597. The van der Waals surface area contributed by atoms with Crippen molar-refractivity contribution in [2.24, 2.45) is 0 Å². The fraction of sp³-hybridized carbons (Fsp3) is 0.0882. The number of amides is 4. The van der Waals surface area contributed by atoms with Gasteiger partial charge in [-0.15, -0.1) is 0 Å². The molecule has 0 spiro atoms. The first-order valence-corrected chi connectivity index (χ1v) is 26.3. The van der Waals surface area contributed by atoms with Crippen molar-refractivity contribution in [1.29, 1.82) is 0 Å². The van der Waals surface area contributed by atoms with Crippen LogP contribution in [-0.2, 0) is 9.59 Å². The van der Waals surface area contributed by atoms with Crippen LogP contribution in [0.4, 0.5) is 0 Å². The van der Waals surface area contributed by atoms with Gasteiger partial charge in [0.05, 0.1) is 22.3 Å². The van der Waals surface area contributed by atoms with E-state index in [-0.39, 0.29) is 99.5 Å². The van der Waals surface area contributed by atoms with Crippen molar-refractivity contribution in [3.05, 3.63) is 238 Å². The van der Waals surface area contributed by atoms with E-state index in [0.29, 0.717) is 23.0 Å². The largest absolute Gasteiger partial charge is 0.479 e. The van der Waals surface area contributed by atoms with E-state index in [1.54, 1.807) is 84.9 Å². The van der Waals surface area contributed by atoms with Gasteiger partial charge in [0.15, 0.2) is 12.1 Å². The number of ether oxygens (including phenoxy) is 4. The lowest BCUT2D eigenvalue weighted by Crippen LogP contribution is -2.45. The summed E-state index contributed by atoms with van der Waals surface area (Å²) in [6.45, 7) is 7.65. The summed E-state index contributed by atoms with van der Waals surface area (Å²) in [7, 11) is 0. The van der Waals surface area contributed by atoms with Gasteiger partial charge in [-0.25, -0.2) is 9.59 Å². The summed E-state index contributed by atoms with van der Waals surface area (Å²) in [4.78, 5) is 91.2. The number of carbonyl (C=O) groups excluding carboxylic acids is 4. The van der Waals surface area contributed by atoms with E-state index in [0.717, 1.165) is 32.1 Å². The summed E-state index contributed by atoms with van der Waals surface area (Å²) in [5.41, 5.74) is 3.67. The molecule has 14 heteroatoms. The van der Waals surface area contributed by atoms with Crippen LogP contribution in [0.5, 0.6) is 46.0 Å². The Balaban J connectivity index is 1.25. The van der Waals surface area contributed by atoms with Crippen LogP contribution >= 0.6 is 0 Å². The van der Waals surface area contributed by atoms with Gasteiger partial charge in [-0.2, -0.15) is 0 Å². The second kappa shape index (κ2) is 19.5. The second-order valence-corrected chi connectivity index (χ2v) is 20.6. The van der Waals surface area contributed by atoms with Crippen molar-refractivity contribution in [2.45, 2.75) is 39.8 Å². The number of carboxylic acids is 2. The number of imide groups is 2. The van der Waals surface area contributed by atoms with Gasteiger partial charge in [-0.3, -0.25) is 29.0 Å². The zero-order valence-corrected chi connectivity index (χ0v) is 44.3. The first-order valence-electron chi connectivity index (χ1n) is 26.3. The Bertz CT molecular complexity index is 3990. The Kier molecular flexibility index (Phi) is 12.0. The molecule has 2 aliphatic rings. The maximum Gasteiger partial charge on any atom is 0.331 e.